The van der Waals surface area contributed by atoms with Crippen molar-refractivity contribution >= 4 is 0 Å². The number of methoxy groups -OCH3 is 1. The van der Waals surface area contributed by atoms with Crippen LogP contribution >= 0.6 is 0 Å². The van der Waals surface area contributed by atoms with Gasteiger partial charge in [0, 0.05) is 13.7 Å². The van der Waals surface area contributed by atoms with Crippen LogP contribution in [0.1, 0.15) is 17.5 Å². The van der Waals surface area contributed by atoms with Crippen molar-refractivity contribution in [3.8, 4) is 0 Å². The lowest BCUT2D eigenvalue weighted by atomic mass is 10.1. The van der Waals surface area contributed by atoms with Gasteiger partial charge in [0.15, 0.2) is 0 Å². The average Bonchev–Trinajstić information content (AvgIpc) is 2.63. The molecule has 4 heteroatoms. The summed E-state index contributed by atoms with van der Waals surface area (Å²) in [5, 5.41) is 10.4. The third-order valence-corrected chi connectivity index (χ3v) is 3.74. The lowest BCUT2D eigenvalue weighted by molar-refractivity contribution is -0.0891. The summed E-state index contributed by atoms with van der Waals surface area (Å²) in [7, 11) is 1.65. The van der Waals surface area contributed by atoms with Gasteiger partial charge in [0.2, 0.25) is 0 Å². The van der Waals surface area contributed by atoms with Crippen molar-refractivity contribution < 1.29 is 19.3 Å². The van der Waals surface area contributed by atoms with Crippen molar-refractivity contribution in [3.63, 3.8) is 0 Å². The topological polar surface area (TPSA) is 47.9 Å². The van der Waals surface area contributed by atoms with Gasteiger partial charge in [-0.3, -0.25) is 0 Å². The van der Waals surface area contributed by atoms with Gasteiger partial charge in [0.05, 0.1) is 25.9 Å². The molecule has 0 fully saturated rings. The van der Waals surface area contributed by atoms with Crippen LogP contribution in [0.25, 0.3) is 0 Å². The van der Waals surface area contributed by atoms with E-state index in [-0.39, 0.29) is 12.7 Å². The van der Waals surface area contributed by atoms with Gasteiger partial charge in [0.1, 0.15) is 6.10 Å². The first kappa shape index (κ1) is 18.6. The molecule has 0 unspecified atom stereocenters. The summed E-state index contributed by atoms with van der Waals surface area (Å²) in [4.78, 5) is 0. The van der Waals surface area contributed by atoms with E-state index in [0.717, 1.165) is 11.1 Å². The highest BCUT2D eigenvalue weighted by atomic mass is 16.5. The molecular weight excluding hydrogens is 304 g/mol. The van der Waals surface area contributed by atoms with E-state index in [1.165, 1.54) is 0 Å². The molecule has 2 atom stereocenters. The maximum atomic E-state index is 10.4. The SMILES string of the molecule is COCC[C@H](OCc1ccccc1)[C@H](O)COCc1ccccc1. The predicted molar refractivity (Wildman–Crippen MR) is 93.6 cm³/mol. The van der Waals surface area contributed by atoms with Gasteiger partial charge in [0.25, 0.3) is 0 Å². The molecule has 0 heterocycles. The van der Waals surface area contributed by atoms with E-state index in [1.54, 1.807) is 7.11 Å². The second-order valence-electron chi connectivity index (χ2n) is 5.68. The van der Waals surface area contributed by atoms with E-state index < -0.39 is 6.10 Å². The van der Waals surface area contributed by atoms with Crippen LogP contribution in [0.15, 0.2) is 60.7 Å². The molecule has 1 N–H and O–H groups in total. The average molecular weight is 330 g/mol. The molecule has 0 aliphatic rings. The molecule has 2 rings (SSSR count). The summed E-state index contributed by atoms with van der Waals surface area (Å²) in [6.45, 7) is 1.71. The van der Waals surface area contributed by atoms with Crippen LogP contribution in [0, 0.1) is 0 Å². The number of rotatable bonds is 11. The first-order valence-corrected chi connectivity index (χ1v) is 8.24. The normalized spacial score (nSPS) is 13.6. The van der Waals surface area contributed by atoms with Crippen molar-refractivity contribution in [3.05, 3.63) is 71.8 Å². The Bertz CT molecular complexity index is 544. The Morgan fingerprint density at radius 1 is 0.875 bits per heavy atom. The van der Waals surface area contributed by atoms with E-state index in [1.807, 2.05) is 60.7 Å². The molecule has 4 nitrogen and oxygen atoms in total. The van der Waals surface area contributed by atoms with E-state index in [2.05, 4.69) is 0 Å². The van der Waals surface area contributed by atoms with Crippen LogP contribution in [-0.2, 0) is 27.4 Å². The highest BCUT2D eigenvalue weighted by Crippen LogP contribution is 2.11. The molecule has 0 saturated carbocycles. The maximum Gasteiger partial charge on any atom is 0.104 e. The quantitative estimate of drug-likeness (QED) is 0.687. The highest BCUT2D eigenvalue weighted by Gasteiger charge is 2.20. The van der Waals surface area contributed by atoms with Crippen molar-refractivity contribution in [2.75, 3.05) is 20.3 Å². The number of aliphatic hydroxyl groups excluding tert-OH is 1. The molecule has 0 saturated heterocycles. The molecule has 0 radical (unpaired) electrons. The molecule has 0 bridgehead atoms. The number of aliphatic hydroxyl groups is 1. The van der Waals surface area contributed by atoms with Gasteiger partial charge in [-0.1, -0.05) is 60.7 Å². The Morgan fingerprint density at radius 2 is 1.46 bits per heavy atom. The van der Waals surface area contributed by atoms with Gasteiger partial charge >= 0.3 is 0 Å². The third-order valence-electron chi connectivity index (χ3n) is 3.74. The van der Waals surface area contributed by atoms with Gasteiger partial charge < -0.3 is 19.3 Å². The molecule has 0 aliphatic heterocycles. The van der Waals surface area contributed by atoms with Crippen molar-refractivity contribution in [2.45, 2.75) is 31.8 Å². The van der Waals surface area contributed by atoms with E-state index in [4.69, 9.17) is 14.2 Å². The monoisotopic (exact) mass is 330 g/mol. The van der Waals surface area contributed by atoms with Gasteiger partial charge in [-0.15, -0.1) is 0 Å². The van der Waals surface area contributed by atoms with Crippen molar-refractivity contribution in [2.24, 2.45) is 0 Å². The first-order valence-electron chi connectivity index (χ1n) is 8.24. The predicted octanol–water partition coefficient (Wildman–Crippen LogP) is 3.19. The lowest BCUT2D eigenvalue weighted by Gasteiger charge is -2.23. The summed E-state index contributed by atoms with van der Waals surface area (Å²) in [6.07, 6.45) is -0.382. The van der Waals surface area contributed by atoms with E-state index in [9.17, 15) is 5.11 Å². The minimum atomic E-state index is -0.687. The van der Waals surface area contributed by atoms with Crippen LogP contribution in [-0.4, -0.2) is 37.6 Å². The second kappa shape index (κ2) is 10.9. The van der Waals surface area contributed by atoms with E-state index in [0.29, 0.717) is 26.2 Å². The van der Waals surface area contributed by atoms with E-state index >= 15 is 0 Å². The maximum absolute atomic E-state index is 10.4. The fraction of sp³-hybridized carbons (Fsp3) is 0.400. The van der Waals surface area contributed by atoms with Gasteiger partial charge in [-0.2, -0.15) is 0 Å². The van der Waals surface area contributed by atoms with Crippen LogP contribution < -0.4 is 0 Å². The molecule has 2 aromatic carbocycles. The number of hydrogen-bond donors (Lipinski definition) is 1. The fourth-order valence-electron chi connectivity index (χ4n) is 2.38. The Balaban J connectivity index is 1.79. The Morgan fingerprint density at radius 3 is 2.04 bits per heavy atom. The molecule has 0 spiro atoms. The lowest BCUT2D eigenvalue weighted by Crippen LogP contribution is -2.34. The summed E-state index contributed by atoms with van der Waals surface area (Å²) in [5.74, 6) is 0. The van der Waals surface area contributed by atoms with Crippen LogP contribution in [0.4, 0.5) is 0 Å². The van der Waals surface area contributed by atoms with Crippen LogP contribution in [0.3, 0.4) is 0 Å². The molecule has 0 aromatic heterocycles. The van der Waals surface area contributed by atoms with Crippen LogP contribution in [0.2, 0.25) is 0 Å². The van der Waals surface area contributed by atoms with Crippen LogP contribution in [0.5, 0.6) is 0 Å². The summed E-state index contributed by atoms with van der Waals surface area (Å²) >= 11 is 0. The Kier molecular flexibility index (Phi) is 8.49. The largest absolute Gasteiger partial charge is 0.388 e. The zero-order valence-corrected chi connectivity index (χ0v) is 14.1. The number of hydrogen-bond acceptors (Lipinski definition) is 4. The second-order valence-corrected chi connectivity index (χ2v) is 5.68. The summed E-state index contributed by atoms with van der Waals surface area (Å²) in [5.41, 5.74) is 2.17. The summed E-state index contributed by atoms with van der Waals surface area (Å²) in [6, 6.07) is 19.8. The Labute approximate surface area is 144 Å². The molecule has 0 aliphatic carbocycles. The molecule has 0 amide bonds. The Hall–Kier alpha value is -1.72. The number of ether oxygens (including phenoxy) is 3. The molecule has 24 heavy (non-hydrogen) atoms. The minimum Gasteiger partial charge on any atom is -0.388 e. The third kappa shape index (κ3) is 6.81. The molecule has 2 aromatic rings. The van der Waals surface area contributed by atoms with Gasteiger partial charge in [-0.05, 0) is 17.5 Å². The first-order chi connectivity index (χ1) is 11.8. The highest BCUT2D eigenvalue weighted by molar-refractivity contribution is 5.14. The fourth-order valence-corrected chi connectivity index (χ4v) is 2.38. The van der Waals surface area contributed by atoms with Gasteiger partial charge in [-0.25, -0.2) is 0 Å². The summed E-state index contributed by atoms with van der Waals surface area (Å²) < 4.78 is 16.6. The zero-order chi connectivity index (χ0) is 17.0. The zero-order valence-electron chi connectivity index (χ0n) is 14.1. The standard InChI is InChI=1S/C20H26O4/c1-22-13-12-20(24-15-18-10-6-3-7-11-18)19(21)16-23-14-17-8-4-2-5-9-17/h2-11,19-21H,12-16H2,1H3/t19-,20+/m1/s1. The molecular formula is C20H26O4. The van der Waals surface area contributed by atoms with Crippen molar-refractivity contribution in [1.82, 2.24) is 0 Å². The smallest absolute Gasteiger partial charge is 0.104 e. The number of benzene rings is 2. The minimum absolute atomic E-state index is 0.234. The van der Waals surface area contributed by atoms with Crippen molar-refractivity contribution in [1.29, 1.82) is 0 Å². The molecule has 130 valence electrons.